The maximum atomic E-state index is 17.5. The zero-order valence-electron chi connectivity index (χ0n) is 31.4. The molecule has 0 saturated heterocycles. The summed E-state index contributed by atoms with van der Waals surface area (Å²) in [5.41, 5.74) is -6.25. The van der Waals surface area contributed by atoms with Crippen LogP contribution in [0.4, 0.5) is 4.39 Å². The van der Waals surface area contributed by atoms with Gasteiger partial charge in [-0.05, 0) is 82.3 Å². The van der Waals surface area contributed by atoms with E-state index >= 15 is 4.39 Å². The number of nitrogens with one attached hydrogen (secondary N) is 1. The highest BCUT2D eigenvalue weighted by Crippen LogP contribution is 2.70. The normalized spacial score (nSPS) is 33.0. The Bertz CT molecular complexity index is 1490. The van der Waals surface area contributed by atoms with E-state index in [1.807, 2.05) is 0 Å². The van der Waals surface area contributed by atoms with Gasteiger partial charge in [0.1, 0.15) is 11.6 Å². The van der Waals surface area contributed by atoms with Crippen LogP contribution in [0, 0.1) is 28.6 Å². The Kier molecular flexibility index (Phi) is 14.8. The lowest BCUT2D eigenvalue weighted by Gasteiger charge is -2.62. The van der Waals surface area contributed by atoms with Gasteiger partial charge in [0.15, 0.2) is 18.1 Å². The fraction of sp³-hybridized carbons (Fsp3) is 0.750. The van der Waals surface area contributed by atoms with Crippen LogP contribution >= 0.6 is 0 Å². The van der Waals surface area contributed by atoms with E-state index in [0.717, 1.165) is 0 Å². The van der Waals surface area contributed by atoms with Crippen molar-refractivity contribution in [2.45, 2.75) is 115 Å². The Hall–Kier alpha value is -3.24. The third-order valence-electron chi connectivity index (χ3n) is 12.2. The largest absolute Gasteiger partial charge is 0.464 e. The molecule has 4 rings (SSSR count). The SMILES string of the molecule is C[C@H]1C[C@H]2[C@@H]3CCC4=CC(=O)C=C[C@]4(C)[C@@]3(F)[C@@H](O)C[C@]2(C)[C@@]1(O)C(=O)COC(=O)CC(NC(=O)CCCCCON(O)O)C(=O)OCCCCON(O)O. The maximum Gasteiger partial charge on any atom is 0.329 e. The summed E-state index contributed by atoms with van der Waals surface area (Å²) in [5.74, 6) is -5.77. The number of fused-ring (bicyclic) bond motifs is 5. The molecule has 0 aliphatic heterocycles. The molecule has 0 aromatic rings. The highest BCUT2D eigenvalue weighted by molar-refractivity contribution is 6.01. The molecule has 4 aliphatic rings. The van der Waals surface area contributed by atoms with Gasteiger partial charge in [-0.25, -0.2) is 9.18 Å². The van der Waals surface area contributed by atoms with Crippen molar-refractivity contribution in [1.82, 2.24) is 16.1 Å². The Morgan fingerprint density at radius 3 is 2.25 bits per heavy atom. The van der Waals surface area contributed by atoms with Crippen LogP contribution in [0.3, 0.4) is 0 Å². The van der Waals surface area contributed by atoms with Crippen molar-refractivity contribution in [2.24, 2.45) is 28.6 Å². The number of ketones is 2. The number of carbonyl (C=O) groups is 5. The van der Waals surface area contributed by atoms with E-state index in [4.69, 9.17) is 30.3 Å². The van der Waals surface area contributed by atoms with E-state index in [1.54, 1.807) is 20.8 Å². The van der Waals surface area contributed by atoms with Crippen molar-refractivity contribution < 1.29 is 78.6 Å². The van der Waals surface area contributed by atoms with Gasteiger partial charge in [0.2, 0.25) is 11.7 Å². The van der Waals surface area contributed by atoms with Crippen LogP contribution in [0.1, 0.15) is 91.4 Å². The van der Waals surface area contributed by atoms with Crippen LogP contribution in [-0.2, 0) is 43.1 Å². The summed E-state index contributed by atoms with van der Waals surface area (Å²) in [4.78, 5) is 73.7. The van der Waals surface area contributed by atoms with Crippen LogP contribution in [0.25, 0.3) is 0 Å². The second-order valence-corrected chi connectivity index (χ2v) is 15.4. The second-order valence-electron chi connectivity index (χ2n) is 15.4. The number of hydrogen-bond donors (Lipinski definition) is 7. The van der Waals surface area contributed by atoms with Crippen molar-refractivity contribution >= 4 is 29.4 Å². The molecule has 0 spiro atoms. The number of carbonyl (C=O) groups excluding carboxylic acids is 5. The van der Waals surface area contributed by atoms with Gasteiger partial charge in [-0.15, -0.1) is 0 Å². The molecule has 4 aliphatic carbocycles. The number of unbranched alkanes of at least 4 members (excludes halogenated alkanes) is 3. The molecule has 3 fully saturated rings. The Morgan fingerprint density at radius 2 is 1.60 bits per heavy atom. The molecule has 18 nitrogen and oxygen atoms in total. The summed E-state index contributed by atoms with van der Waals surface area (Å²) in [6.07, 6.45) is 4.16. The summed E-state index contributed by atoms with van der Waals surface area (Å²) in [6.45, 7) is 3.76. The van der Waals surface area contributed by atoms with Crippen molar-refractivity contribution in [2.75, 3.05) is 26.4 Å². The summed E-state index contributed by atoms with van der Waals surface area (Å²) in [6, 6.07) is -1.52. The minimum absolute atomic E-state index is 0.0298. The number of hydrogen-bond acceptors (Lipinski definition) is 17. The average molecular weight is 788 g/mol. The van der Waals surface area contributed by atoms with E-state index in [0.29, 0.717) is 37.7 Å². The zero-order chi connectivity index (χ0) is 40.8. The number of halogens is 1. The fourth-order valence-electron chi connectivity index (χ4n) is 9.42. The first-order valence-corrected chi connectivity index (χ1v) is 18.6. The van der Waals surface area contributed by atoms with Crippen molar-refractivity contribution in [3.05, 3.63) is 23.8 Å². The molecule has 7 N–H and O–H groups in total. The molecule has 9 atom stereocenters. The fourth-order valence-corrected chi connectivity index (χ4v) is 9.42. The van der Waals surface area contributed by atoms with Crippen molar-refractivity contribution in [3.8, 4) is 0 Å². The first kappa shape index (κ1) is 44.5. The molecule has 1 unspecified atom stereocenters. The molecule has 0 bridgehead atoms. The van der Waals surface area contributed by atoms with E-state index in [-0.39, 0.29) is 57.7 Å². The van der Waals surface area contributed by atoms with Gasteiger partial charge in [-0.1, -0.05) is 31.9 Å². The highest BCUT2D eigenvalue weighted by Gasteiger charge is 2.75. The molecule has 0 aromatic carbocycles. The monoisotopic (exact) mass is 787 g/mol. The molecule has 1 amide bonds. The third-order valence-corrected chi connectivity index (χ3v) is 12.2. The van der Waals surface area contributed by atoms with Crippen LogP contribution in [-0.4, -0.2) is 121 Å². The van der Waals surface area contributed by atoms with Gasteiger partial charge in [-0.2, -0.15) is 0 Å². The smallest absolute Gasteiger partial charge is 0.329 e. The quantitative estimate of drug-likeness (QED) is 0.0530. The first-order valence-electron chi connectivity index (χ1n) is 18.6. The molecular weight excluding hydrogens is 733 g/mol. The number of allylic oxidation sites excluding steroid dienone is 4. The van der Waals surface area contributed by atoms with Gasteiger partial charge in [0.05, 0.1) is 43.1 Å². The number of rotatable bonds is 20. The molecular formula is C36H54FN3O15. The minimum atomic E-state index is -2.17. The molecule has 55 heavy (non-hydrogen) atoms. The topological polar surface area (TPSA) is 262 Å². The van der Waals surface area contributed by atoms with E-state index in [2.05, 4.69) is 15.0 Å². The lowest BCUT2D eigenvalue weighted by molar-refractivity contribution is -0.492. The number of ether oxygens (including phenoxy) is 2. The van der Waals surface area contributed by atoms with Crippen LogP contribution < -0.4 is 5.32 Å². The maximum absolute atomic E-state index is 17.5. The van der Waals surface area contributed by atoms with Gasteiger partial charge < -0.3 is 25.0 Å². The van der Waals surface area contributed by atoms with Crippen LogP contribution in [0.5, 0.6) is 0 Å². The first-order chi connectivity index (χ1) is 25.8. The van der Waals surface area contributed by atoms with Gasteiger partial charge >= 0.3 is 11.9 Å². The van der Waals surface area contributed by atoms with Crippen LogP contribution in [0.15, 0.2) is 23.8 Å². The third kappa shape index (κ3) is 9.33. The summed E-state index contributed by atoms with van der Waals surface area (Å²) < 4.78 is 27.9. The van der Waals surface area contributed by atoms with Gasteiger partial charge in [-0.3, -0.25) is 49.7 Å². The average Bonchev–Trinajstić information content (AvgIpc) is 3.31. The molecule has 0 aromatic heterocycles. The number of Topliss-reactive ketones (excluding diaryl/α,β-unsaturated/α-hetero) is 1. The van der Waals surface area contributed by atoms with Crippen molar-refractivity contribution in [1.29, 1.82) is 0 Å². The minimum Gasteiger partial charge on any atom is -0.464 e. The van der Waals surface area contributed by atoms with E-state index in [9.17, 15) is 34.2 Å². The van der Waals surface area contributed by atoms with Crippen LogP contribution in [0.2, 0.25) is 0 Å². The molecule has 0 heterocycles. The van der Waals surface area contributed by atoms with E-state index in [1.165, 1.54) is 18.2 Å². The number of aliphatic hydroxyl groups excluding tert-OH is 1. The molecule has 19 heteroatoms. The van der Waals surface area contributed by atoms with E-state index < -0.39 is 99.4 Å². The predicted octanol–water partition coefficient (Wildman–Crippen LogP) is 2.23. The second kappa shape index (κ2) is 18.4. The molecule has 0 radical (unpaired) electrons. The number of alkyl halides is 1. The number of nitrogens with zero attached hydrogens (tertiary/aromatic N) is 2. The Balaban J connectivity index is 1.40. The zero-order valence-corrected chi connectivity index (χ0v) is 31.4. The Labute approximate surface area is 317 Å². The summed E-state index contributed by atoms with van der Waals surface area (Å²) >= 11 is 0. The predicted molar refractivity (Wildman–Crippen MR) is 182 cm³/mol. The number of aliphatic hydroxyl groups is 2. The standard InChI is InChI=1S/C36H54FN3O15/c1-22-17-26-25-11-10-23-18-24(41)12-13-33(23,2)35(25,37)28(42)20-34(26,3)36(22,47)29(43)21-53-31(45)19-27(32(46)52-14-7-8-16-55-40(50)51)38-30(44)9-5-4-6-15-54-39(48)49/h12-13,18,22,25-28,42,47-51H,4-11,14-17,19-21H2,1-3H3,(H,38,44)/t22-,25-,26-,27?,28-,33-,34-,35-,36-/m0/s1. The molecule has 310 valence electrons. The van der Waals surface area contributed by atoms with Crippen molar-refractivity contribution in [3.63, 3.8) is 0 Å². The Morgan fingerprint density at radius 1 is 0.964 bits per heavy atom. The molecule has 3 saturated carbocycles. The van der Waals surface area contributed by atoms with Gasteiger partial charge in [0, 0.05) is 23.2 Å². The van der Waals surface area contributed by atoms with Gasteiger partial charge in [0.25, 0.3) is 0 Å². The highest BCUT2D eigenvalue weighted by atomic mass is 19.1. The number of amides is 1. The summed E-state index contributed by atoms with van der Waals surface area (Å²) in [7, 11) is 0. The lowest BCUT2D eigenvalue weighted by atomic mass is 9.44. The number of esters is 2. The summed E-state index contributed by atoms with van der Waals surface area (Å²) in [5, 5.41) is 59.7. The lowest BCUT2D eigenvalue weighted by Crippen LogP contribution is -2.69.